The van der Waals surface area contributed by atoms with Gasteiger partial charge in [-0.3, -0.25) is 4.90 Å². The first-order chi connectivity index (χ1) is 9.09. The minimum atomic E-state index is -0.439. The Hall–Kier alpha value is -1.75. The molecule has 1 atom stereocenters. The van der Waals surface area contributed by atoms with E-state index in [1.54, 1.807) is 12.0 Å². The van der Waals surface area contributed by atoms with Gasteiger partial charge in [-0.1, -0.05) is 12.1 Å². The second-order valence-electron chi connectivity index (χ2n) is 4.96. The molecule has 1 unspecified atom stereocenters. The van der Waals surface area contributed by atoms with Crippen LogP contribution in [0.5, 0.6) is 5.75 Å². The third-order valence-corrected chi connectivity index (χ3v) is 3.53. The second kappa shape index (κ2) is 5.48. The van der Waals surface area contributed by atoms with E-state index in [1.807, 2.05) is 31.2 Å². The van der Waals surface area contributed by atoms with Crippen LogP contribution in [0.25, 0.3) is 0 Å². The van der Waals surface area contributed by atoms with E-state index in [2.05, 4.69) is 0 Å². The number of rotatable bonds is 5. The Balaban J connectivity index is 2.12. The van der Waals surface area contributed by atoms with Crippen molar-refractivity contribution in [3.8, 4) is 5.75 Å². The number of aliphatic hydroxyl groups excluding tert-OH is 1. The molecule has 1 aromatic rings. The number of carbonyl (C=O) groups excluding carboxylic acids is 1. The molecule has 1 N–H and O–H groups in total. The molecule has 2 rings (SSSR count). The molecule has 1 heterocycles. The van der Waals surface area contributed by atoms with Crippen molar-refractivity contribution in [1.82, 2.24) is 4.90 Å². The quantitative estimate of drug-likeness (QED) is 0.881. The monoisotopic (exact) mass is 265 g/mol. The number of aliphatic hydroxyl groups is 1. The molecule has 104 valence electrons. The highest BCUT2D eigenvalue weighted by molar-refractivity contribution is 5.71. The van der Waals surface area contributed by atoms with Crippen LogP contribution >= 0.6 is 0 Å². The highest BCUT2D eigenvalue weighted by Crippen LogP contribution is 2.29. The summed E-state index contributed by atoms with van der Waals surface area (Å²) >= 11 is 0. The molecular formula is C14H19NO4. The van der Waals surface area contributed by atoms with Crippen LogP contribution in [0.1, 0.15) is 18.9 Å². The van der Waals surface area contributed by atoms with E-state index < -0.39 is 5.54 Å². The van der Waals surface area contributed by atoms with Crippen molar-refractivity contribution in [2.75, 3.05) is 20.3 Å². The number of ether oxygens (including phenoxy) is 2. The van der Waals surface area contributed by atoms with Gasteiger partial charge in [0.15, 0.2) is 0 Å². The molecule has 1 saturated heterocycles. The lowest BCUT2D eigenvalue weighted by Crippen LogP contribution is -2.44. The van der Waals surface area contributed by atoms with Gasteiger partial charge in [0.25, 0.3) is 0 Å². The SMILES string of the molecule is COc1ccc(CN2C(=O)OCC2(C)CCO)cc1. The molecule has 5 heteroatoms. The van der Waals surface area contributed by atoms with Crippen LogP contribution in [-0.2, 0) is 11.3 Å². The predicted octanol–water partition coefficient (Wildman–Crippen LogP) is 1.79. The number of cyclic esters (lactones) is 1. The summed E-state index contributed by atoms with van der Waals surface area (Å²) in [5.41, 5.74) is 0.565. The molecule has 1 amide bonds. The smallest absolute Gasteiger partial charge is 0.410 e. The molecule has 0 bridgehead atoms. The zero-order chi connectivity index (χ0) is 13.9. The zero-order valence-corrected chi connectivity index (χ0v) is 11.3. The van der Waals surface area contributed by atoms with Gasteiger partial charge < -0.3 is 14.6 Å². The van der Waals surface area contributed by atoms with Crippen LogP contribution in [0.15, 0.2) is 24.3 Å². The summed E-state index contributed by atoms with van der Waals surface area (Å²) in [6, 6.07) is 7.56. The fourth-order valence-electron chi connectivity index (χ4n) is 2.21. The van der Waals surface area contributed by atoms with Crippen molar-refractivity contribution < 1.29 is 19.4 Å². The molecule has 0 spiro atoms. The topological polar surface area (TPSA) is 59.0 Å². The maximum absolute atomic E-state index is 11.8. The maximum atomic E-state index is 11.8. The van der Waals surface area contributed by atoms with Gasteiger partial charge in [-0.25, -0.2) is 4.79 Å². The molecule has 1 fully saturated rings. The molecular weight excluding hydrogens is 246 g/mol. The van der Waals surface area contributed by atoms with Gasteiger partial charge in [0.2, 0.25) is 0 Å². The van der Waals surface area contributed by atoms with Crippen molar-refractivity contribution in [2.24, 2.45) is 0 Å². The molecule has 5 nitrogen and oxygen atoms in total. The number of amides is 1. The average Bonchev–Trinajstić information content (AvgIpc) is 2.68. The first-order valence-electron chi connectivity index (χ1n) is 6.27. The van der Waals surface area contributed by atoms with Crippen molar-refractivity contribution in [2.45, 2.75) is 25.4 Å². The largest absolute Gasteiger partial charge is 0.497 e. The molecule has 1 aliphatic heterocycles. The minimum absolute atomic E-state index is 0.0340. The molecule has 0 radical (unpaired) electrons. The van der Waals surface area contributed by atoms with Gasteiger partial charge >= 0.3 is 6.09 Å². The molecule has 0 aliphatic carbocycles. The number of nitrogens with zero attached hydrogens (tertiary/aromatic N) is 1. The third-order valence-electron chi connectivity index (χ3n) is 3.53. The minimum Gasteiger partial charge on any atom is -0.497 e. The normalized spacial score (nSPS) is 22.5. The summed E-state index contributed by atoms with van der Waals surface area (Å²) in [6.07, 6.45) is 0.182. The van der Waals surface area contributed by atoms with Crippen LogP contribution in [0.2, 0.25) is 0 Å². The van der Waals surface area contributed by atoms with Crippen molar-refractivity contribution in [3.63, 3.8) is 0 Å². The van der Waals surface area contributed by atoms with Crippen LogP contribution in [0, 0.1) is 0 Å². The van der Waals surface area contributed by atoms with Crippen LogP contribution in [0.4, 0.5) is 4.79 Å². The van der Waals surface area contributed by atoms with E-state index in [0.29, 0.717) is 19.6 Å². The Morgan fingerprint density at radius 3 is 2.68 bits per heavy atom. The van der Waals surface area contributed by atoms with Gasteiger partial charge in [-0.05, 0) is 31.0 Å². The number of hydrogen-bond acceptors (Lipinski definition) is 4. The highest BCUT2D eigenvalue weighted by atomic mass is 16.6. The van der Waals surface area contributed by atoms with Crippen molar-refractivity contribution in [1.29, 1.82) is 0 Å². The second-order valence-corrected chi connectivity index (χ2v) is 4.96. The van der Waals surface area contributed by atoms with E-state index in [1.165, 1.54) is 0 Å². The first kappa shape index (κ1) is 13.7. The summed E-state index contributed by atoms with van der Waals surface area (Å²) in [7, 11) is 1.62. The van der Waals surface area contributed by atoms with Crippen molar-refractivity contribution >= 4 is 6.09 Å². The molecule has 0 saturated carbocycles. The Morgan fingerprint density at radius 2 is 2.11 bits per heavy atom. The lowest BCUT2D eigenvalue weighted by molar-refractivity contribution is 0.131. The van der Waals surface area contributed by atoms with Gasteiger partial charge in [0.1, 0.15) is 12.4 Å². The van der Waals surface area contributed by atoms with E-state index in [0.717, 1.165) is 11.3 Å². The fraction of sp³-hybridized carbons (Fsp3) is 0.500. The summed E-state index contributed by atoms with van der Waals surface area (Å²) in [4.78, 5) is 13.5. The number of methoxy groups -OCH3 is 1. The molecule has 19 heavy (non-hydrogen) atoms. The predicted molar refractivity (Wildman–Crippen MR) is 70.0 cm³/mol. The van der Waals surface area contributed by atoms with E-state index in [4.69, 9.17) is 14.6 Å². The summed E-state index contributed by atoms with van der Waals surface area (Å²) in [6.45, 7) is 2.76. The van der Waals surface area contributed by atoms with E-state index in [-0.39, 0.29) is 12.7 Å². The number of hydrogen-bond donors (Lipinski definition) is 1. The van der Waals surface area contributed by atoms with Crippen molar-refractivity contribution in [3.05, 3.63) is 29.8 Å². The van der Waals surface area contributed by atoms with Crippen LogP contribution in [0.3, 0.4) is 0 Å². The van der Waals surface area contributed by atoms with Crippen LogP contribution < -0.4 is 4.74 Å². The first-order valence-corrected chi connectivity index (χ1v) is 6.27. The highest BCUT2D eigenvalue weighted by Gasteiger charge is 2.42. The molecule has 1 aliphatic rings. The number of benzene rings is 1. The lowest BCUT2D eigenvalue weighted by Gasteiger charge is -2.31. The Morgan fingerprint density at radius 1 is 1.42 bits per heavy atom. The average molecular weight is 265 g/mol. The van der Waals surface area contributed by atoms with Gasteiger partial charge in [-0.15, -0.1) is 0 Å². The van der Waals surface area contributed by atoms with E-state index in [9.17, 15) is 4.79 Å². The summed E-state index contributed by atoms with van der Waals surface area (Å²) in [5.74, 6) is 0.783. The zero-order valence-electron chi connectivity index (χ0n) is 11.3. The number of carbonyl (C=O) groups is 1. The fourth-order valence-corrected chi connectivity index (χ4v) is 2.21. The van der Waals surface area contributed by atoms with Gasteiger partial charge in [0.05, 0.1) is 12.6 Å². The Kier molecular flexibility index (Phi) is 3.95. The standard InChI is InChI=1S/C14H19NO4/c1-14(7-8-16)10-19-13(17)15(14)9-11-3-5-12(18-2)6-4-11/h3-6,16H,7-10H2,1-2H3. The third kappa shape index (κ3) is 2.81. The Bertz CT molecular complexity index is 445. The molecule has 1 aromatic carbocycles. The summed E-state index contributed by atoms with van der Waals surface area (Å²) in [5, 5.41) is 9.12. The lowest BCUT2D eigenvalue weighted by atomic mass is 9.97. The summed E-state index contributed by atoms with van der Waals surface area (Å²) < 4.78 is 10.2. The van der Waals surface area contributed by atoms with Gasteiger partial charge in [-0.2, -0.15) is 0 Å². The maximum Gasteiger partial charge on any atom is 0.410 e. The Labute approximate surface area is 112 Å². The molecule has 0 aromatic heterocycles. The van der Waals surface area contributed by atoms with E-state index >= 15 is 0 Å². The van der Waals surface area contributed by atoms with Crippen LogP contribution in [-0.4, -0.2) is 42.0 Å². The van der Waals surface area contributed by atoms with Gasteiger partial charge in [0, 0.05) is 13.2 Å².